The highest BCUT2D eigenvalue weighted by molar-refractivity contribution is 4.94. The van der Waals surface area contributed by atoms with Crippen LogP contribution in [0.4, 0.5) is 13.2 Å². The van der Waals surface area contributed by atoms with E-state index < -0.39 is 12.1 Å². The van der Waals surface area contributed by atoms with Crippen LogP contribution in [0.25, 0.3) is 0 Å². The molecule has 1 aliphatic carbocycles. The molecule has 0 amide bonds. The van der Waals surface area contributed by atoms with Gasteiger partial charge in [-0.1, -0.05) is 6.42 Å². The van der Waals surface area contributed by atoms with E-state index in [1.165, 1.54) is 6.33 Å². The number of nitrogens with zero attached hydrogens (tertiary/aromatic N) is 3. The molecule has 0 aliphatic heterocycles. The molecule has 3 atom stereocenters. The van der Waals surface area contributed by atoms with Crippen LogP contribution < -0.4 is 5.32 Å². The van der Waals surface area contributed by atoms with Crippen molar-refractivity contribution in [2.75, 3.05) is 7.05 Å². The average molecular weight is 304 g/mol. The van der Waals surface area contributed by atoms with Crippen LogP contribution in [-0.2, 0) is 13.0 Å². The Balaban J connectivity index is 2.03. The summed E-state index contributed by atoms with van der Waals surface area (Å²) in [7, 11) is 1.81. The molecular weight excluding hydrogens is 281 g/mol. The molecule has 1 aliphatic rings. The molecule has 0 bridgehead atoms. The van der Waals surface area contributed by atoms with Crippen LogP contribution in [0.1, 0.15) is 38.4 Å². The van der Waals surface area contributed by atoms with Crippen molar-refractivity contribution in [2.45, 2.75) is 57.8 Å². The highest BCUT2D eigenvalue weighted by atomic mass is 19.4. The van der Waals surface area contributed by atoms with Gasteiger partial charge in [0, 0.05) is 19.0 Å². The summed E-state index contributed by atoms with van der Waals surface area (Å²) in [5.74, 6) is -0.278. The fraction of sp³-hybridized carbons (Fsp3) is 0.857. The topological polar surface area (TPSA) is 42.7 Å². The van der Waals surface area contributed by atoms with Gasteiger partial charge in [-0.3, -0.25) is 4.68 Å². The second-order valence-corrected chi connectivity index (χ2v) is 5.76. The fourth-order valence-electron chi connectivity index (χ4n) is 3.30. The number of likely N-dealkylation sites (N-methyl/N-ethyl adjacent to an activating group) is 1. The van der Waals surface area contributed by atoms with Gasteiger partial charge in [0.05, 0.1) is 5.92 Å². The first-order chi connectivity index (χ1) is 9.95. The summed E-state index contributed by atoms with van der Waals surface area (Å²) >= 11 is 0. The summed E-state index contributed by atoms with van der Waals surface area (Å²) in [5, 5.41) is 7.30. The maximum Gasteiger partial charge on any atom is 0.391 e. The molecule has 3 unspecified atom stereocenters. The first-order valence-electron chi connectivity index (χ1n) is 7.56. The Kier molecular flexibility index (Phi) is 5.24. The minimum absolute atomic E-state index is 0.0182. The maximum atomic E-state index is 12.9. The van der Waals surface area contributed by atoms with E-state index in [0.717, 1.165) is 18.8 Å². The van der Waals surface area contributed by atoms with Crippen LogP contribution in [0.5, 0.6) is 0 Å². The van der Waals surface area contributed by atoms with Gasteiger partial charge in [-0.15, -0.1) is 0 Å². The molecule has 1 aromatic heterocycles. The SMILES string of the molecule is CCn1ncnc1CC(NC)C1CCCC(C(F)(F)F)C1. The Morgan fingerprint density at radius 3 is 2.81 bits per heavy atom. The summed E-state index contributed by atoms with van der Waals surface area (Å²) in [6.07, 6.45) is 0.0353. The van der Waals surface area contributed by atoms with Gasteiger partial charge in [-0.05, 0) is 39.2 Å². The van der Waals surface area contributed by atoms with Gasteiger partial charge in [-0.25, -0.2) is 4.98 Å². The van der Waals surface area contributed by atoms with Crippen LogP contribution in [-0.4, -0.2) is 34.0 Å². The van der Waals surface area contributed by atoms with E-state index in [-0.39, 0.29) is 24.8 Å². The van der Waals surface area contributed by atoms with E-state index >= 15 is 0 Å². The van der Waals surface area contributed by atoms with Crippen molar-refractivity contribution in [3.63, 3.8) is 0 Å². The number of rotatable bonds is 5. The Hall–Kier alpha value is -1.11. The van der Waals surface area contributed by atoms with Gasteiger partial charge in [-0.2, -0.15) is 18.3 Å². The second kappa shape index (κ2) is 6.77. The molecule has 21 heavy (non-hydrogen) atoms. The highest BCUT2D eigenvalue weighted by Crippen LogP contribution is 2.41. The van der Waals surface area contributed by atoms with Crippen molar-refractivity contribution in [1.29, 1.82) is 0 Å². The molecular formula is C14H23F3N4. The molecule has 1 heterocycles. The second-order valence-electron chi connectivity index (χ2n) is 5.76. The molecule has 1 aromatic rings. The largest absolute Gasteiger partial charge is 0.391 e. The van der Waals surface area contributed by atoms with Gasteiger partial charge >= 0.3 is 6.18 Å². The third-order valence-electron chi connectivity index (χ3n) is 4.52. The van der Waals surface area contributed by atoms with Crippen LogP contribution in [0.2, 0.25) is 0 Å². The summed E-state index contributed by atoms with van der Waals surface area (Å²) in [6, 6.07) is 0.0182. The average Bonchev–Trinajstić information content (AvgIpc) is 2.91. The van der Waals surface area contributed by atoms with Gasteiger partial charge < -0.3 is 5.32 Å². The van der Waals surface area contributed by atoms with E-state index in [4.69, 9.17) is 0 Å². The number of alkyl halides is 3. The molecule has 0 saturated heterocycles. The molecule has 0 aromatic carbocycles. The smallest absolute Gasteiger partial charge is 0.316 e. The van der Waals surface area contributed by atoms with Crippen molar-refractivity contribution >= 4 is 0 Å². The van der Waals surface area contributed by atoms with Crippen molar-refractivity contribution in [3.8, 4) is 0 Å². The van der Waals surface area contributed by atoms with Crippen LogP contribution in [0.15, 0.2) is 6.33 Å². The first-order valence-corrected chi connectivity index (χ1v) is 7.56. The zero-order chi connectivity index (χ0) is 15.5. The fourth-order valence-corrected chi connectivity index (χ4v) is 3.30. The molecule has 1 saturated carbocycles. The van der Waals surface area contributed by atoms with E-state index in [9.17, 15) is 13.2 Å². The summed E-state index contributed by atoms with van der Waals surface area (Å²) in [5.41, 5.74) is 0. The lowest BCUT2D eigenvalue weighted by molar-refractivity contribution is -0.186. The molecule has 0 radical (unpaired) electrons. The quantitative estimate of drug-likeness (QED) is 0.909. The summed E-state index contributed by atoms with van der Waals surface area (Å²) in [6.45, 7) is 2.70. The Morgan fingerprint density at radius 1 is 1.43 bits per heavy atom. The van der Waals surface area contributed by atoms with Crippen molar-refractivity contribution in [3.05, 3.63) is 12.2 Å². The number of aryl methyl sites for hydroxylation is 1. The predicted molar refractivity (Wildman–Crippen MR) is 73.8 cm³/mol. The number of hydrogen-bond donors (Lipinski definition) is 1. The molecule has 4 nitrogen and oxygen atoms in total. The van der Waals surface area contributed by atoms with Gasteiger partial charge in [0.25, 0.3) is 0 Å². The minimum Gasteiger partial charge on any atom is -0.316 e. The zero-order valence-corrected chi connectivity index (χ0v) is 12.5. The third kappa shape index (κ3) is 3.96. The molecule has 120 valence electrons. The lowest BCUT2D eigenvalue weighted by Gasteiger charge is -2.35. The van der Waals surface area contributed by atoms with E-state index in [1.54, 1.807) is 4.68 Å². The Bertz CT molecular complexity index is 444. The Labute approximate surface area is 123 Å². The molecule has 2 rings (SSSR count). The third-order valence-corrected chi connectivity index (χ3v) is 4.52. The number of aromatic nitrogens is 3. The normalized spacial score (nSPS) is 25.0. The van der Waals surface area contributed by atoms with Crippen LogP contribution >= 0.6 is 0 Å². The van der Waals surface area contributed by atoms with Gasteiger partial charge in [0.1, 0.15) is 12.2 Å². The van der Waals surface area contributed by atoms with E-state index in [2.05, 4.69) is 15.4 Å². The molecule has 1 N–H and O–H groups in total. The summed E-state index contributed by atoms with van der Waals surface area (Å²) < 4.78 is 40.6. The van der Waals surface area contributed by atoms with Crippen LogP contribution in [0, 0.1) is 11.8 Å². The lowest BCUT2D eigenvalue weighted by Crippen LogP contribution is -2.41. The summed E-state index contributed by atoms with van der Waals surface area (Å²) in [4.78, 5) is 4.23. The minimum atomic E-state index is -4.07. The molecule has 1 fully saturated rings. The number of hydrogen-bond acceptors (Lipinski definition) is 3. The standard InChI is InChI=1S/C14H23F3N4/c1-3-21-13(19-9-20-21)8-12(18-2)10-5-4-6-11(7-10)14(15,16)17/h9-12,18H,3-8H2,1-2H3. The zero-order valence-electron chi connectivity index (χ0n) is 12.5. The van der Waals surface area contributed by atoms with E-state index in [1.807, 2.05) is 14.0 Å². The lowest BCUT2D eigenvalue weighted by atomic mass is 9.76. The first kappa shape index (κ1) is 16.3. The van der Waals surface area contributed by atoms with Crippen LogP contribution in [0.3, 0.4) is 0 Å². The van der Waals surface area contributed by atoms with Gasteiger partial charge in [0.2, 0.25) is 0 Å². The molecule has 0 spiro atoms. The van der Waals surface area contributed by atoms with Crippen molar-refractivity contribution in [1.82, 2.24) is 20.1 Å². The number of nitrogens with one attached hydrogen (secondary N) is 1. The molecule has 7 heteroatoms. The number of halogens is 3. The van der Waals surface area contributed by atoms with Crippen molar-refractivity contribution < 1.29 is 13.2 Å². The Morgan fingerprint density at radius 2 is 2.19 bits per heavy atom. The van der Waals surface area contributed by atoms with Crippen molar-refractivity contribution in [2.24, 2.45) is 11.8 Å². The highest BCUT2D eigenvalue weighted by Gasteiger charge is 2.43. The van der Waals surface area contributed by atoms with E-state index in [0.29, 0.717) is 12.8 Å². The predicted octanol–water partition coefficient (Wildman–Crippen LogP) is 2.80. The maximum absolute atomic E-state index is 12.9. The van der Waals surface area contributed by atoms with Gasteiger partial charge in [0.15, 0.2) is 0 Å². The monoisotopic (exact) mass is 304 g/mol.